The lowest BCUT2D eigenvalue weighted by molar-refractivity contribution is -0.385. The Balaban J connectivity index is 2.42. The van der Waals surface area contributed by atoms with Gasteiger partial charge in [-0.25, -0.2) is 8.42 Å². The van der Waals surface area contributed by atoms with Crippen molar-refractivity contribution >= 4 is 15.7 Å². The minimum absolute atomic E-state index is 0.0000737. The maximum atomic E-state index is 12.8. The van der Waals surface area contributed by atoms with Crippen molar-refractivity contribution in [2.75, 3.05) is 20.2 Å². The summed E-state index contributed by atoms with van der Waals surface area (Å²) in [6.07, 6.45) is 0.990. The predicted octanol–water partition coefficient (Wildman–Crippen LogP) is 2.27. The van der Waals surface area contributed by atoms with Crippen LogP contribution in [-0.4, -0.2) is 37.8 Å². The average Bonchev–Trinajstić information content (AvgIpc) is 2.45. The molecule has 2 rings (SSSR count). The summed E-state index contributed by atoms with van der Waals surface area (Å²) in [5.41, 5.74) is -0.198. The van der Waals surface area contributed by atoms with Gasteiger partial charge in [0.05, 0.1) is 18.1 Å². The lowest BCUT2D eigenvalue weighted by Gasteiger charge is -2.34. The van der Waals surface area contributed by atoms with Crippen LogP contribution in [-0.2, 0) is 10.0 Å². The molecule has 1 aromatic rings. The van der Waals surface area contributed by atoms with E-state index in [-0.39, 0.29) is 28.2 Å². The fraction of sp³-hybridized carbons (Fsp3) is 0.571. The van der Waals surface area contributed by atoms with Crippen LogP contribution >= 0.6 is 0 Å². The SMILES string of the molecule is COc1cc([N+](=O)[O-])ccc1S(=O)(=O)N1CC(C)CC(C)C1. The molecule has 1 fully saturated rings. The Morgan fingerprint density at radius 3 is 2.36 bits per heavy atom. The highest BCUT2D eigenvalue weighted by atomic mass is 32.2. The number of methoxy groups -OCH3 is 1. The fourth-order valence-electron chi connectivity index (χ4n) is 2.92. The number of hydrogen-bond donors (Lipinski definition) is 0. The normalized spacial score (nSPS) is 23.2. The molecule has 0 amide bonds. The average molecular weight is 328 g/mol. The summed E-state index contributed by atoms with van der Waals surface area (Å²) in [6.45, 7) is 4.94. The van der Waals surface area contributed by atoms with E-state index in [1.165, 1.54) is 23.5 Å². The molecule has 1 saturated heterocycles. The minimum Gasteiger partial charge on any atom is -0.495 e. The fourth-order valence-corrected chi connectivity index (χ4v) is 4.74. The Bertz CT molecular complexity index is 664. The Morgan fingerprint density at radius 2 is 1.86 bits per heavy atom. The van der Waals surface area contributed by atoms with Crippen molar-refractivity contribution in [1.29, 1.82) is 0 Å². The van der Waals surface area contributed by atoms with Gasteiger partial charge in [-0.2, -0.15) is 4.31 Å². The Kier molecular flexibility index (Phi) is 4.72. The number of piperidine rings is 1. The number of nitrogens with zero attached hydrogens (tertiary/aromatic N) is 2. The van der Waals surface area contributed by atoms with Gasteiger partial charge >= 0.3 is 0 Å². The standard InChI is InChI=1S/C14H20N2O5S/c1-10-6-11(2)9-15(8-10)22(19,20)14-5-4-12(16(17)18)7-13(14)21-3/h4-5,7,10-11H,6,8-9H2,1-3H3. The summed E-state index contributed by atoms with van der Waals surface area (Å²) in [5.74, 6) is 0.560. The van der Waals surface area contributed by atoms with Gasteiger partial charge in [0.1, 0.15) is 10.6 Å². The van der Waals surface area contributed by atoms with Crippen LogP contribution < -0.4 is 4.74 Å². The van der Waals surface area contributed by atoms with Crippen LogP contribution in [0.25, 0.3) is 0 Å². The van der Waals surface area contributed by atoms with E-state index in [1.807, 2.05) is 13.8 Å². The van der Waals surface area contributed by atoms with E-state index in [0.29, 0.717) is 13.1 Å². The number of non-ortho nitro benzene ring substituents is 1. The number of hydrogen-bond acceptors (Lipinski definition) is 5. The van der Waals surface area contributed by atoms with Crippen LogP contribution in [0.15, 0.2) is 23.1 Å². The molecule has 7 nitrogen and oxygen atoms in total. The van der Waals surface area contributed by atoms with Gasteiger partial charge in [-0.1, -0.05) is 13.8 Å². The minimum atomic E-state index is -3.73. The van der Waals surface area contributed by atoms with E-state index in [9.17, 15) is 18.5 Å². The van der Waals surface area contributed by atoms with Gasteiger partial charge in [0.25, 0.3) is 5.69 Å². The van der Waals surface area contributed by atoms with E-state index >= 15 is 0 Å². The number of benzene rings is 1. The van der Waals surface area contributed by atoms with Gasteiger partial charge in [0, 0.05) is 19.2 Å². The highest BCUT2D eigenvalue weighted by molar-refractivity contribution is 7.89. The van der Waals surface area contributed by atoms with Crippen molar-refractivity contribution in [2.24, 2.45) is 11.8 Å². The number of sulfonamides is 1. The molecule has 1 aliphatic rings. The lowest BCUT2D eigenvalue weighted by atomic mass is 9.94. The maximum absolute atomic E-state index is 12.8. The van der Waals surface area contributed by atoms with Gasteiger partial charge in [-0.15, -0.1) is 0 Å². The molecule has 2 atom stereocenters. The molecule has 0 aromatic heterocycles. The first-order valence-corrected chi connectivity index (χ1v) is 8.52. The van der Waals surface area contributed by atoms with E-state index in [0.717, 1.165) is 12.5 Å². The quantitative estimate of drug-likeness (QED) is 0.625. The zero-order valence-electron chi connectivity index (χ0n) is 12.9. The molecular formula is C14H20N2O5S. The Hall–Kier alpha value is -1.67. The molecule has 22 heavy (non-hydrogen) atoms. The van der Waals surface area contributed by atoms with Crippen LogP contribution in [0, 0.1) is 22.0 Å². The predicted molar refractivity (Wildman–Crippen MR) is 81.4 cm³/mol. The van der Waals surface area contributed by atoms with E-state index < -0.39 is 14.9 Å². The van der Waals surface area contributed by atoms with Crippen LogP contribution in [0.4, 0.5) is 5.69 Å². The third kappa shape index (κ3) is 3.22. The summed E-state index contributed by atoms with van der Waals surface area (Å²) < 4.78 is 32.1. The van der Waals surface area contributed by atoms with E-state index in [2.05, 4.69) is 0 Å². The largest absolute Gasteiger partial charge is 0.495 e. The number of nitro groups is 1. The molecular weight excluding hydrogens is 308 g/mol. The molecule has 0 N–H and O–H groups in total. The van der Waals surface area contributed by atoms with Crippen molar-refractivity contribution in [3.8, 4) is 5.75 Å². The third-order valence-electron chi connectivity index (χ3n) is 3.81. The molecule has 0 bridgehead atoms. The Morgan fingerprint density at radius 1 is 1.27 bits per heavy atom. The third-order valence-corrected chi connectivity index (χ3v) is 5.68. The van der Waals surface area contributed by atoms with Crippen LogP contribution in [0.1, 0.15) is 20.3 Å². The van der Waals surface area contributed by atoms with Gasteiger partial charge in [0.2, 0.25) is 10.0 Å². The second kappa shape index (κ2) is 6.21. The number of ether oxygens (including phenoxy) is 1. The summed E-state index contributed by atoms with van der Waals surface area (Å²) in [4.78, 5) is 10.2. The molecule has 2 unspecified atom stereocenters. The first-order valence-electron chi connectivity index (χ1n) is 7.08. The van der Waals surface area contributed by atoms with Crippen LogP contribution in [0.3, 0.4) is 0 Å². The van der Waals surface area contributed by atoms with Gasteiger partial charge < -0.3 is 4.74 Å². The van der Waals surface area contributed by atoms with Crippen molar-refractivity contribution in [1.82, 2.24) is 4.31 Å². The zero-order chi connectivity index (χ0) is 16.5. The summed E-state index contributed by atoms with van der Waals surface area (Å²) in [6, 6.07) is 3.58. The summed E-state index contributed by atoms with van der Waals surface area (Å²) >= 11 is 0. The van der Waals surface area contributed by atoms with Crippen molar-refractivity contribution in [2.45, 2.75) is 25.2 Å². The van der Waals surface area contributed by atoms with Crippen LogP contribution in [0.2, 0.25) is 0 Å². The molecule has 0 radical (unpaired) electrons. The highest BCUT2D eigenvalue weighted by Gasteiger charge is 2.34. The first-order chi connectivity index (χ1) is 10.3. The molecule has 8 heteroatoms. The molecule has 0 spiro atoms. The van der Waals surface area contributed by atoms with Crippen LogP contribution in [0.5, 0.6) is 5.75 Å². The lowest BCUT2D eigenvalue weighted by Crippen LogP contribution is -2.42. The Labute approximate surface area is 130 Å². The molecule has 0 saturated carbocycles. The summed E-state index contributed by atoms with van der Waals surface area (Å²) in [7, 11) is -2.42. The first kappa shape index (κ1) is 16.7. The maximum Gasteiger partial charge on any atom is 0.273 e. The second-order valence-corrected chi connectivity index (χ2v) is 7.77. The second-order valence-electron chi connectivity index (χ2n) is 5.86. The van der Waals surface area contributed by atoms with E-state index in [4.69, 9.17) is 4.74 Å². The highest BCUT2D eigenvalue weighted by Crippen LogP contribution is 2.33. The number of rotatable bonds is 4. The molecule has 122 valence electrons. The van der Waals surface area contributed by atoms with E-state index in [1.54, 1.807) is 0 Å². The summed E-state index contributed by atoms with van der Waals surface area (Å²) in [5, 5.41) is 10.8. The van der Waals surface area contributed by atoms with Gasteiger partial charge in [-0.05, 0) is 24.3 Å². The van der Waals surface area contributed by atoms with Gasteiger partial charge in [-0.3, -0.25) is 10.1 Å². The van der Waals surface area contributed by atoms with Crippen molar-refractivity contribution in [3.05, 3.63) is 28.3 Å². The smallest absolute Gasteiger partial charge is 0.273 e. The van der Waals surface area contributed by atoms with Gasteiger partial charge in [0.15, 0.2) is 0 Å². The molecule has 1 aliphatic heterocycles. The van der Waals surface area contributed by atoms with Crippen molar-refractivity contribution in [3.63, 3.8) is 0 Å². The molecule has 0 aliphatic carbocycles. The number of nitro benzene ring substituents is 1. The zero-order valence-corrected chi connectivity index (χ0v) is 13.7. The molecule has 1 aromatic carbocycles. The monoisotopic (exact) mass is 328 g/mol. The van der Waals surface area contributed by atoms with Crippen molar-refractivity contribution < 1.29 is 18.1 Å². The molecule has 1 heterocycles. The topological polar surface area (TPSA) is 89.7 Å².